The molecule has 1 atom stereocenters. The first-order chi connectivity index (χ1) is 11.5. The Kier molecular flexibility index (Phi) is 6.54. The Morgan fingerprint density at radius 3 is 2.58 bits per heavy atom. The van der Waals surface area contributed by atoms with Crippen molar-refractivity contribution in [2.45, 2.75) is 33.4 Å². The molecule has 0 saturated heterocycles. The van der Waals surface area contributed by atoms with Crippen molar-refractivity contribution < 1.29 is 9.13 Å². The molecule has 7 heteroatoms. The van der Waals surface area contributed by atoms with Gasteiger partial charge in [0.15, 0.2) is 5.96 Å². The van der Waals surface area contributed by atoms with Crippen LogP contribution in [0.2, 0.25) is 0 Å². The van der Waals surface area contributed by atoms with Crippen LogP contribution >= 0.6 is 11.3 Å². The molecule has 0 spiro atoms. The molecule has 0 amide bonds. The number of aromatic nitrogens is 1. The Balaban J connectivity index is 1.78. The topological polar surface area (TPSA) is 58.5 Å². The van der Waals surface area contributed by atoms with Crippen molar-refractivity contribution >= 4 is 17.3 Å². The van der Waals surface area contributed by atoms with Gasteiger partial charge in [-0.3, -0.25) is 4.99 Å². The van der Waals surface area contributed by atoms with E-state index in [2.05, 4.69) is 20.6 Å². The molecule has 2 aromatic rings. The minimum atomic E-state index is -0.272. The van der Waals surface area contributed by atoms with Crippen LogP contribution in [0.5, 0.6) is 5.75 Å². The fourth-order valence-corrected chi connectivity index (χ4v) is 3.03. The first-order valence-corrected chi connectivity index (χ1v) is 8.59. The van der Waals surface area contributed by atoms with Crippen LogP contribution in [0.1, 0.15) is 22.5 Å². The molecule has 24 heavy (non-hydrogen) atoms. The summed E-state index contributed by atoms with van der Waals surface area (Å²) in [7, 11) is 1.73. The molecule has 0 saturated carbocycles. The molecule has 130 valence electrons. The molecule has 2 N–H and O–H groups in total. The lowest BCUT2D eigenvalue weighted by Gasteiger charge is -2.17. The Labute approximate surface area is 146 Å². The first-order valence-electron chi connectivity index (χ1n) is 7.77. The zero-order valence-corrected chi connectivity index (χ0v) is 15.2. The van der Waals surface area contributed by atoms with E-state index >= 15 is 0 Å². The summed E-state index contributed by atoms with van der Waals surface area (Å²) in [5.41, 5.74) is 1.05. The smallest absolute Gasteiger partial charge is 0.191 e. The third-order valence-electron chi connectivity index (χ3n) is 3.35. The molecule has 5 nitrogen and oxygen atoms in total. The van der Waals surface area contributed by atoms with Gasteiger partial charge in [-0.05, 0) is 45.0 Å². The highest BCUT2D eigenvalue weighted by Crippen LogP contribution is 2.16. The number of rotatable bonds is 6. The van der Waals surface area contributed by atoms with Crippen LogP contribution in [0.15, 0.2) is 29.3 Å². The van der Waals surface area contributed by atoms with Crippen LogP contribution in [0.3, 0.4) is 0 Å². The maximum Gasteiger partial charge on any atom is 0.191 e. The largest absolute Gasteiger partial charge is 0.489 e. The number of thiazole rings is 1. The van der Waals surface area contributed by atoms with Crippen LogP contribution < -0.4 is 15.4 Å². The summed E-state index contributed by atoms with van der Waals surface area (Å²) in [5.74, 6) is 1.07. The third-order valence-corrected chi connectivity index (χ3v) is 4.42. The average Bonchev–Trinajstić information content (AvgIpc) is 2.87. The van der Waals surface area contributed by atoms with E-state index in [9.17, 15) is 4.39 Å². The molecule has 0 aliphatic heterocycles. The summed E-state index contributed by atoms with van der Waals surface area (Å²) in [6.07, 6.45) is -0.0820. The summed E-state index contributed by atoms with van der Waals surface area (Å²) in [4.78, 5) is 9.82. The molecule has 1 aromatic heterocycles. The van der Waals surface area contributed by atoms with Gasteiger partial charge in [-0.1, -0.05) is 0 Å². The van der Waals surface area contributed by atoms with Gasteiger partial charge in [0.25, 0.3) is 0 Å². The summed E-state index contributed by atoms with van der Waals surface area (Å²) in [6.45, 7) is 7.22. The fourth-order valence-electron chi connectivity index (χ4n) is 2.15. The van der Waals surface area contributed by atoms with E-state index in [0.717, 1.165) is 10.7 Å². The highest BCUT2D eigenvalue weighted by atomic mass is 32.1. The third kappa shape index (κ3) is 5.49. The van der Waals surface area contributed by atoms with Crippen molar-refractivity contribution in [2.75, 3.05) is 13.6 Å². The van der Waals surface area contributed by atoms with Crippen LogP contribution in [-0.4, -0.2) is 30.6 Å². The van der Waals surface area contributed by atoms with E-state index in [1.165, 1.54) is 17.0 Å². The molecule has 1 unspecified atom stereocenters. The van der Waals surface area contributed by atoms with Gasteiger partial charge >= 0.3 is 0 Å². The molecule has 2 rings (SSSR count). The fraction of sp³-hybridized carbons (Fsp3) is 0.412. The number of aliphatic imine (C=N–C) groups is 1. The quantitative estimate of drug-likeness (QED) is 0.621. The molecule has 0 fully saturated rings. The van der Waals surface area contributed by atoms with Gasteiger partial charge in [0.2, 0.25) is 0 Å². The minimum Gasteiger partial charge on any atom is -0.489 e. The molecule has 1 aromatic carbocycles. The Morgan fingerprint density at radius 1 is 1.29 bits per heavy atom. The minimum absolute atomic E-state index is 0.0820. The maximum atomic E-state index is 12.9. The van der Waals surface area contributed by atoms with Crippen molar-refractivity contribution in [1.29, 1.82) is 0 Å². The predicted molar refractivity (Wildman–Crippen MR) is 96.3 cm³/mol. The predicted octanol–water partition coefficient (Wildman–Crippen LogP) is 3.03. The number of nitrogens with zero attached hydrogens (tertiary/aromatic N) is 2. The first kappa shape index (κ1) is 18.2. The number of hydrogen-bond donors (Lipinski definition) is 2. The van der Waals surface area contributed by atoms with Gasteiger partial charge in [-0.15, -0.1) is 11.3 Å². The van der Waals surface area contributed by atoms with Crippen LogP contribution in [0.25, 0.3) is 0 Å². The average molecular weight is 350 g/mol. The highest BCUT2D eigenvalue weighted by molar-refractivity contribution is 7.11. The Bertz CT molecular complexity index is 684. The number of nitrogens with one attached hydrogen (secondary N) is 2. The van der Waals surface area contributed by atoms with Crippen LogP contribution in [0, 0.1) is 19.7 Å². The lowest BCUT2D eigenvalue weighted by Crippen LogP contribution is -2.41. The lowest BCUT2D eigenvalue weighted by atomic mass is 10.3. The van der Waals surface area contributed by atoms with Crippen molar-refractivity contribution in [1.82, 2.24) is 15.6 Å². The van der Waals surface area contributed by atoms with Gasteiger partial charge in [0.1, 0.15) is 17.7 Å². The standard InChI is InChI=1S/C17H23FN4OS/c1-11(23-15-7-5-14(18)6-8-15)9-20-17(19-4)21-10-16-12(2)22-13(3)24-16/h5-8,11H,9-10H2,1-4H3,(H2,19,20,21). The second-order valence-corrected chi connectivity index (χ2v) is 6.72. The van der Waals surface area contributed by atoms with Crippen LogP contribution in [-0.2, 0) is 6.54 Å². The van der Waals surface area contributed by atoms with Crippen molar-refractivity contribution in [2.24, 2.45) is 4.99 Å². The number of hydrogen-bond acceptors (Lipinski definition) is 4. The van der Waals surface area contributed by atoms with Crippen LogP contribution in [0.4, 0.5) is 4.39 Å². The SMILES string of the molecule is CN=C(NCc1sc(C)nc1C)NCC(C)Oc1ccc(F)cc1. The number of benzene rings is 1. The van der Waals surface area contributed by atoms with E-state index in [1.54, 1.807) is 30.5 Å². The summed E-state index contributed by atoms with van der Waals surface area (Å²) in [5, 5.41) is 7.56. The van der Waals surface area contributed by atoms with E-state index in [1.807, 2.05) is 20.8 Å². The van der Waals surface area contributed by atoms with E-state index in [4.69, 9.17) is 4.74 Å². The number of ether oxygens (including phenoxy) is 1. The molecule has 0 aliphatic rings. The van der Waals surface area contributed by atoms with Gasteiger partial charge in [-0.2, -0.15) is 0 Å². The lowest BCUT2D eigenvalue weighted by molar-refractivity contribution is 0.223. The van der Waals surface area contributed by atoms with Crippen molar-refractivity contribution in [3.8, 4) is 5.75 Å². The number of aryl methyl sites for hydroxylation is 2. The zero-order valence-electron chi connectivity index (χ0n) is 14.4. The van der Waals surface area contributed by atoms with Crippen molar-refractivity contribution in [3.05, 3.63) is 45.7 Å². The summed E-state index contributed by atoms with van der Waals surface area (Å²) >= 11 is 1.68. The summed E-state index contributed by atoms with van der Waals surface area (Å²) in [6, 6.07) is 6.01. The molecule has 0 radical (unpaired) electrons. The van der Waals surface area contributed by atoms with Gasteiger partial charge in [-0.25, -0.2) is 9.37 Å². The number of halogens is 1. The second-order valence-electron chi connectivity index (χ2n) is 5.43. The van der Waals surface area contributed by atoms with Gasteiger partial charge in [0.05, 0.1) is 23.8 Å². The summed E-state index contributed by atoms with van der Waals surface area (Å²) < 4.78 is 18.6. The number of guanidine groups is 1. The molecule has 1 heterocycles. The van der Waals surface area contributed by atoms with E-state index < -0.39 is 0 Å². The molecule has 0 aliphatic carbocycles. The van der Waals surface area contributed by atoms with E-state index in [-0.39, 0.29) is 11.9 Å². The molecular weight excluding hydrogens is 327 g/mol. The van der Waals surface area contributed by atoms with Crippen molar-refractivity contribution in [3.63, 3.8) is 0 Å². The second kappa shape index (κ2) is 8.63. The van der Waals surface area contributed by atoms with Gasteiger partial charge < -0.3 is 15.4 Å². The molecule has 0 bridgehead atoms. The normalized spacial score (nSPS) is 12.8. The van der Waals surface area contributed by atoms with Gasteiger partial charge in [0, 0.05) is 11.9 Å². The maximum absolute atomic E-state index is 12.9. The Morgan fingerprint density at radius 2 is 2.00 bits per heavy atom. The molecular formula is C17H23FN4OS. The monoisotopic (exact) mass is 350 g/mol. The zero-order chi connectivity index (χ0) is 17.5. The Hall–Kier alpha value is -2.15. The highest BCUT2D eigenvalue weighted by Gasteiger charge is 2.08. The van der Waals surface area contributed by atoms with E-state index in [0.29, 0.717) is 24.8 Å².